The molecule has 1 aliphatic heterocycles. The fourth-order valence-corrected chi connectivity index (χ4v) is 2.33. The number of nitrogens with zero attached hydrogens (tertiary/aromatic N) is 1. The summed E-state index contributed by atoms with van der Waals surface area (Å²) in [4.78, 5) is 14.1. The molecule has 1 saturated heterocycles. The van der Waals surface area contributed by atoms with Gasteiger partial charge in [0, 0.05) is 12.2 Å². The molecule has 0 saturated carbocycles. The Bertz CT molecular complexity index is 417. The lowest BCUT2D eigenvalue weighted by Gasteiger charge is -2.31. The molecule has 1 amide bonds. The minimum absolute atomic E-state index is 0.0131. The Labute approximate surface area is 114 Å². The van der Waals surface area contributed by atoms with Gasteiger partial charge < -0.3 is 4.74 Å². The van der Waals surface area contributed by atoms with Crippen LogP contribution < -0.4 is 5.32 Å². The van der Waals surface area contributed by atoms with Crippen LogP contribution in [-0.2, 0) is 4.74 Å². The highest BCUT2D eigenvalue weighted by Gasteiger charge is 2.21. The molecule has 1 aromatic rings. The van der Waals surface area contributed by atoms with Gasteiger partial charge in [0.05, 0.1) is 0 Å². The summed E-state index contributed by atoms with van der Waals surface area (Å²) in [5, 5.41) is 2.77. The Morgan fingerprint density at radius 1 is 1.42 bits per heavy atom. The Kier molecular flexibility index (Phi) is 4.80. The van der Waals surface area contributed by atoms with Crippen molar-refractivity contribution in [3.63, 3.8) is 0 Å². The number of anilines is 1. The first-order valence-corrected chi connectivity index (χ1v) is 6.94. The average molecular weight is 262 g/mol. The topological polar surface area (TPSA) is 41.6 Å². The number of benzene rings is 1. The van der Waals surface area contributed by atoms with E-state index >= 15 is 0 Å². The first-order chi connectivity index (χ1) is 9.17. The van der Waals surface area contributed by atoms with Crippen molar-refractivity contribution >= 4 is 11.8 Å². The molecule has 0 aromatic heterocycles. The number of aryl methyl sites for hydroxylation is 1. The molecule has 1 atom stereocenters. The van der Waals surface area contributed by atoms with Gasteiger partial charge in [0.1, 0.15) is 6.10 Å². The smallest absolute Gasteiger partial charge is 0.411 e. The molecule has 0 radical (unpaired) electrons. The van der Waals surface area contributed by atoms with Gasteiger partial charge in [-0.1, -0.05) is 24.6 Å². The maximum Gasteiger partial charge on any atom is 0.411 e. The van der Waals surface area contributed by atoms with Crippen LogP contribution in [0.25, 0.3) is 0 Å². The molecule has 19 heavy (non-hydrogen) atoms. The highest BCUT2D eigenvalue weighted by atomic mass is 16.6. The summed E-state index contributed by atoms with van der Waals surface area (Å²) in [5.74, 6) is 0. The van der Waals surface area contributed by atoms with Gasteiger partial charge in [-0.15, -0.1) is 0 Å². The molecule has 104 valence electrons. The zero-order chi connectivity index (χ0) is 13.7. The second-order valence-corrected chi connectivity index (χ2v) is 5.05. The Hall–Kier alpha value is -1.55. The summed E-state index contributed by atoms with van der Waals surface area (Å²) in [6.07, 6.45) is 1.71. The van der Waals surface area contributed by atoms with E-state index in [1.807, 2.05) is 31.2 Å². The quantitative estimate of drug-likeness (QED) is 0.910. The van der Waals surface area contributed by atoms with Crippen molar-refractivity contribution in [3.8, 4) is 0 Å². The van der Waals surface area contributed by atoms with E-state index in [1.54, 1.807) is 0 Å². The first-order valence-electron chi connectivity index (χ1n) is 6.94. The summed E-state index contributed by atoms with van der Waals surface area (Å²) in [6.45, 7) is 7.12. The third kappa shape index (κ3) is 4.24. The van der Waals surface area contributed by atoms with E-state index in [1.165, 1.54) is 5.56 Å². The minimum Gasteiger partial charge on any atom is -0.445 e. The molecule has 4 nitrogen and oxygen atoms in total. The lowest BCUT2D eigenvalue weighted by atomic mass is 10.1. The van der Waals surface area contributed by atoms with Gasteiger partial charge in [-0.2, -0.15) is 0 Å². The average Bonchev–Trinajstić information content (AvgIpc) is 2.41. The predicted octanol–water partition coefficient (Wildman–Crippen LogP) is 3.03. The maximum atomic E-state index is 11.8. The summed E-state index contributed by atoms with van der Waals surface area (Å²) in [7, 11) is 0. The highest BCUT2D eigenvalue weighted by molar-refractivity contribution is 5.84. The summed E-state index contributed by atoms with van der Waals surface area (Å²) >= 11 is 0. The van der Waals surface area contributed by atoms with Gasteiger partial charge in [-0.25, -0.2) is 4.79 Å². The molecule has 0 aliphatic carbocycles. The molecule has 2 rings (SSSR count). The SMILES string of the molecule is CCN1CCC[C@@H](OC(=O)Nc2ccc(C)cc2)C1. The molecule has 0 spiro atoms. The minimum atomic E-state index is -0.355. The van der Waals surface area contributed by atoms with E-state index in [0.717, 1.165) is 38.2 Å². The van der Waals surface area contributed by atoms with Gasteiger partial charge in [0.15, 0.2) is 0 Å². The normalized spacial score (nSPS) is 20.0. The standard InChI is InChI=1S/C15H22N2O2/c1-3-17-10-4-5-14(11-17)19-15(18)16-13-8-6-12(2)7-9-13/h6-9,14H,3-5,10-11H2,1-2H3,(H,16,18)/t14-/m1/s1. The first kappa shape index (κ1) is 13.9. The molecule has 0 unspecified atom stereocenters. The van der Waals surface area contributed by atoms with Gasteiger partial charge in [0.25, 0.3) is 0 Å². The number of hydrogen-bond acceptors (Lipinski definition) is 3. The van der Waals surface area contributed by atoms with Crippen LogP contribution in [0.2, 0.25) is 0 Å². The number of hydrogen-bond donors (Lipinski definition) is 1. The number of rotatable bonds is 3. The fraction of sp³-hybridized carbons (Fsp3) is 0.533. The van der Waals surface area contributed by atoms with E-state index in [2.05, 4.69) is 17.1 Å². The van der Waals surface area contributed by atoms with Crippen molar-refractivity contribution in [2.24, 2.45) is 0 Å². The molecule has 0 bridgehead atoms. The van der Waals surface area contributed by atoms with E-state index in [4.69, 9.17) is 4.74 Å². The largest absolute Gasteiger partial charge is 0.445 e. The molecule has 1 fully saturated rings. The van der Waals surface area contributed by atoms with E-state index in [-0.39, 0.29) is 12.2 Å². The molecule has 1 aliphatic rings. The third-order valence-electron chi connectivity index (χ3n) is 3.48. The van der Waals surface area contributed by atoms with Crippen molar-refractivity contribution in [2.75, 3.05) is 25.0 Å². The van der Waals surface area contributed by atoms with E-state index < -0.39 is 0 Å². The Morgan fingerprint density at radius 2 is 2.16 bits per heavy atom. The van der Waals surface area contributed by atoms with Crippen molar-refractivity contribution < 1.29 is 9.53 Å². The third-order valence-corrected chi connectivity index (χ3v) is 3.48. The van der Waals surface area contributed by atoms with Crippen molar-refractivity contribution in [1.82, 2.24) is 4.90 Å². The maximum absolute atomic E-state index is 11.8. The number of ether oxygens (including phenoxy) is 1. The lowest BCUT2D eigenvalue weighted by Crippen LogP contribution is -2.40. The summed E-state index contributed by atoms with van der Waals surface area (Å²) < 4.78 is 5.47. The fourth-order valence-electron chi connectivity index (χ4n) is 2.33. The van der Waals surface area contributed by atoms with E-state index in [9.17, 15) is 4.79 Å². The number of piperidine rings is 1. The molecular formula is C15H22N2O2. The Morgan fingerprint density at radius 3 is 2.84 bits per heavy atom. The van der Waals surface area contributed by atoms with Crippen molar-refractivity contribution in [2.45, 2.75) is 32.8 Å². The number of likely N-dealkylation sites (N-methyl/N-ethyl adjacent to an activating group) is 1. The number of carbonyl (C=O) groups is 1. The lowest BCUT2D eigenvalue weighted by molar-refractivity contribution is 0.0520. The second kappa shape index (κ2) is 6.57. The molecule has 4 heteroatoms. The number of likely N-dealkylation sites (tertiary alicyclic amines) is 1. The van der Waals surface area contributed by atoms with Crippen LogP contribution in [-0.4, -0.2) is 36.7 Å². The van der Waals surface area contributed by atoms with Crippen LogP contribution in [0.3, 0.4) is 0 Å². The summed E-state index contributed by atoms with van der Waals surface area (Å²) in [5.41, 5.74) is 1.95. The number of nitrogens with one attached hydrogen (secondary N) is 1. The second-order valence-electron chi connectivity index (χ2n) is 5.05. The van der Waals surface area contributed by atoms with Crippen LogP contribution in [0.15, 0.2) is 24.3 Å². The van der Waals surface area contributed by atoms with Crippen LogP contribution >= 0.6 is 0 Å². The zero-order valence-electron chi connectivity index (χ0n) is 11.7. The van der Waals surface area contributed by atoms with Crippen LogP contribution in [0.5, 0.6) is 0 Å². The molecule has 1 heterocycles. The van der Waals surface area contributed by atoms with Crippen molar-refractivity contribution in [3.05, 3.63) is 29.8 Å². The van der Waals surface area contributed by atoms with Crippen molar-refractivity contribution in [1.29, 1.82) is 0 Å². The predicted molar refractivity (Wildman–Crippen MR) is 76.4 cm³/mol. The summed E-state index contributed by atoms with van der Waals surface area (Å²) in [6, 6.07) is 7.70. The Balaban J connectivity index is 1.82. The van der Waals surface area contributed by atoms with Crippen LogP contribution in [0.1, 0.15) is 25.3 Å². The van der Waals surface area contributed by atoms with E-state index in [0.29, 0.717) is 0 Å². The van der Waals surface area contributed by atoms with Gasteiger partial charge in [-0.05, 0) is 45.0 Å². The molecular weight excluding hydrogens is 240 g/mol. The monoisotopic (exact) mass is 262 g/mol. The highest BCUT2D eigenvalue weighted by Crippen LogP contribution is 2.14. The molecule has 1 aromatic carbocycles. The van der Waals surface area contributed by atoms with Crippen LogP contribution in [0, 0.1) is 6.92 Å². The van der Waals surface area contributed by atoms with Gasteiger partial charge in [-0.3, -0.25) is 10.2 Å². The number of carbonyl (C=O) groups excluding carboxylic acids is 1. The van der Waals surface area contributed by atoms with Gasteiger partial charge >= 0.3 is 6.09 Å². The molecule has 1 N–H and O–H groups in total. The van der Waals surface area contributed by atoms with Crippen LogP contribution in [0.4, 0.5) is 10.5 Å². The van der Waals surface area contributed by atoms with Gasteiger partial charge in [0.2, 0.25) is 0 Å². The zero-order valence-corrected chi connectivity index (χ0v) is 11.7. The number of amides is 1.